The third-order valence-corrected chi connectivity index (χ3v) is 6.83. The summed E-state index contributed by atoms with van der Waals surface area (Å²) < 4.78 is 11.4. The molecule has 1 aliphatic heterocycles. The third-order valence-electron chi connectivity index (χ3n) is 6.83. The summed E-state index contributed by atoms with van der Waals surface area (Å²) in [6, 6.07) is 12.0. The van der Waals surface area contributed by atoms with Crippen molar-refractivity contribution in [2.24, 2.45) is 5.92 Å². The molecule has 42 heavy (non-hydrogen) atoms. The molecule has 2 aromatic heterocycles. The lowest BCUT2D eigenvalue weighted by Crippen LogP contribution is -2.42. The Balaban J connectivity index is 1.47. The number of amides is 3. The molecular weight excluding hydrogens is 542 g/mol. The van der Waals surface area contributed by atoms with Crippen LogP contribution in [0, 0.1) is 12.8 Å². The average molecular weight is 576 g/mol. The van der Waals surface area contributed by atoms with Gasteiger partial charge in [-0.3, -0.25) is 19.2 Å². The van der Waals surface area contributed by atoms with Crippen molar-refractivity contribution in [2.75, 3.05) is 11.9 Å². The molecule has 0 aliphatic carbocycles. The van der Waals surface area contributed by atoms with E-state index in [4.69, 9.17) is 9.26 Å². The van der Waals surface area contributed by atoms with Crippen LogP contribution in [0.15, 0.2) is 76.2 Å². The summed E-state index contributed by atoms with van der Waals surface area (Å²) in [4.78, 5) is 63.9. The van der Waals surface area contributed by atoms with E-state index in [9.17, 15) is 24.0 Å². The number of pyridine rings is 1. The van der Waals surface area contributed by atoms with Gasteiger partial charge in [-0.1, -0.05) is 48.5 Å². The van der Waals surface area contributed by atoms with Crippen LogP contribution in [-0.4, -0.2) is 46.0 Å². The fourth-order valence-electron chi connectivity index (χ4n) is 4.63. The number of anilines is 1. The Kier molecular flexibility index (Phi) is 10.0. The highest BCUT2D eigenvalue weighted by molar-refractivity contribution is 6.02. The molecule has 3 amide bonds. The van der Waals surface area contributed by atoms with E-state index in [0.717, 1.165) is 5.56 Å². The Hall–Kier alpha value is -5.00. The first-order valence-electron chi connectivity index (χ1n) is 13.7. The van der Waals surface area contributed by atoms with Gasteiger partial charge in [0.1, 0.15) is 24.1 Å². The maximum Gasteiger partial charge on any atom is 0.330 e. The number of rotatable bonds is 12. The van der Waals surface area contributed by atoms with Crippen LogP contribution in [0.2, 0.25) is 0 Å². The summed E-state index contributed by atoms with van der Waals surface area (Å²) in [6.45, 7) is 4.01. The molecule has 0 unspecified atom stereocenters. The highest BCUT2D eigenvalue weighted by atomic mass is 16.5. The van der Waals surface area contributed by atoms with E-state index >= 15 is 0 Å². The van der Waals surface area contributed by atoms with Crippen LogP contribution in [0.1, 0.15) is 54.0 Å². The van der Waals surface area contributed by atoms with Crippen LogP contribution in [0.3, 0.4) is 0 Å². The monoisotopic (exact) mass is 575 g/mol. The Labute approximate surface area is 242 Å². The lowest BCUT2D eigenvalue weighted by Gasteiger charge is -2.23. The van der Waals surface area contributed by atoms with Crippen LogP contribution in [0.5, 0.6) is 0 Å². The van der Waals surface area contributed by atoms with Crippen molar-refractivity contribution in [2.45, 2.75) is 51.8 Å². The zero-order valence-corrected chi connectivity index (χ0v) is 23.4. The van der Waals surface area contributed by atoms with E-state index in [1.54, 1.807) is 19.9 Å². The number of carbonyl (C=O) groups is 4. The second-order valence-electron chi connectivity index (χ2n) is 9.92. The molecular formula is C30H33N5O7. The van der Waals surface area contributed by atoms with Crippen LogP contribution in [0.4, 0.5) is 5.69 Å². The quantitative estimate of drug-likeness (QED) is 0.219. The number of hydrogen-bond donors (Lipinski definition) is 3. The van der Waals surface area contributed by atoms with Gasteiger partial charge in [-0.05, 0) is 43.9 Å². The number of aromatic nitrogens is 2. The van der Waals surface area contributed by atoms with Gasteiger partial charge in [-0.15, -0.1) is 0 Å². The molecule has 0 spiro atoms. The zero-order valence-electron chi connectivity index (χ0n) is 23.4. The Morgan fingerprint density at radius 1 is 1.19 bits per heavy atom. The lowest BCUT2D eigenvalue weighted by molar-refractivity contribution is -0.139. The number of benzene rings is 1. The lowest BCUT2D eigenvalue weighted by atomic mass is 9.97. The van der Waals surface area contributed by atoms with Gasteiger partial charge in [0.05, 0.1) is 0 Å². The fraction of sp³-hybridized carbons (Fsp3) is 0.333. The molecule has 220 valence electrons. The smallest absolute Gasteiger partial charge is 0.330 e. The first kappa shape index (κ1) is 30.0. The average Bonchev–Trinajstić information content (AvgIpc) is 3.61. The van der Waals surface area contributed by atoms with E-state index < -0.39 is 35.4 Å². The Morgan fingerprint density at radius 2 is 1.98 bits per heavy atom. The van der Waals surface area contributed by atoms with Crippen molar-refractivity contribution in [1.82, 2.24) is 20.4 Å². The largest absolute Gasteiger partial charge is 0.458 e. The predicted molar refractivity (Wildman–Crippen MR) is 152 cm³/mol. The molecule has 0 saturated carbocycles. The zero-order chi connectivity index (χ0) is 30.1. The van der Waals surface area contributed by atoms with Gasteiger partial charge in [0, 0.05) is 36.8 Å². The molecule has 1 aliphatic rings. The Morgan fingerprint density at radius 3 is 2.64 bits per heavy atom. The highest BCUT2D eigenvalue weighted by Gasteiger charge is 2.29. The van der Waals surface area contributed by atoms with Crippen LogP contribution < -0.4 is 21.5 Å². The van der Waals surface area contributed by atoms with E-state index in [1.165, 1.54) is 35.0 Å². The van der Waals surface area contributed by atoms with Crippen molar-refractivity contribution >= 4 is 29.4 Å². The maximum atomic E-state index is 13.5. The highest BCUT2D eigenvalue weighted by Crippen LogP contribution is 2.19. The number of nitrogens with one attached hydrogen (secondary N) is 3. The summed E-state index contributed by atoms with van der Waals surface area (Å²) in [7, 11) is 0. The minimum Gasteiger partial charge on any atom is -0.458 e. The summed E-state index contributed by atoms with van der Waals surface area (Å²) in [5.74, 6) is -1.73. The van der Waals surface area contributed by atoms with Gasteiger partial charge < -0.3 is 29.8 Å². The van der Waals surface area contributed by atoms with Crippen molar-refractivity contribution < 1.29 is 28.4 Å². The maximum absolute atomic E-state index is 13.5. The Bertz CT molecular complexity index is 1510. The summed E-state index contributed by atoms with van der Waals surface area (Å²) in [5, 5.41) is 11.8. The summed E-state index contributed by atoms with van der Waals surface area (Å²) in [5.41, 5.74) is 0.229. The van der Waals surface area contributed by atoms with E-state index in [1.807, 2.05) is 30.3 Å². The molecule has 3 atom stereocenters. The number of hydrogen-bond acceptors (Lipinski definition) is 8. The molecule has 3 N–H and O–H groups in total. The summed E-state index contributed by atoms with van der Waals surface area (Å²) in [6.07, 6.45) is 5.31. The molecule has 3 aromatic rings. The van der Waals surface area contributed by atoms with E-state index in [2.05, 4.69) is 21.1 Å². The molecule has 0 bridgehead atoms. The van der Waals surface area contributed by atoms with Crippen LogP contribution >= 0.6 is 0 Å². The normalized spacial score (nSPS) is 16.0. The fourth-order valence-corrected chi connectivity index (χ4v) is 4.63. The van der Waals surface area contributed by atoms with Gasteiger partial charge in [0.15, 0.2) is 5.69 Å². The third kappa shape index (κ3) is 7.80. The molecule has 0 radical (unpaired) electrons. The minimum atomic E-state index is -0.929. The first-order chi connectivity index (χ1) is 20.2. The topological polar surface area (TPSA) is 162 Å². The van der Waals surface area contributed by atoms with Crippen molar-refractivity contribution in [3.63, 3.8) is 0 Å². The molecule has 4 rings (SSSR count). The number of esters is 1. The number of carbonyl (C=O) groups excluding carboxylic acids is 4. The van der Waals surface area contributed by atoms with Gasteiger partial charge in [-0.2, -0.15) is 0 Å². The van der Waals surface area contributed by atoms with Crippen molar-refractivity contribution in [1.29, 1.82) is 0 Å². The second-order valence-corrected chi connectivity index (χ2v) is 9.92. The molecule has 3 heterocycles. The van der Waals surface area contributed by atoms with Gasteiger partial charge in [0.25, 0.3) is 11.5 Å². The first-order valence-corrected chi connectivity index (χ1v) is 13.7. The van der Waals surface area contributed by atoms with E-state index in [-0.39, 0.29) is 42.7 Å². The number of ether oxygens (including phenoxy) is 1. The second kappa shape index (κ2) is 14.1. The van der Waals surface area contributed by atoms with Gasteiger partial charge in [0.2, 0.25) is 11.8 Å². The molecule has 1 aromatic carbocycles. The summed E-state index contributed by atoms with van der Waals surface area (Å²) >= 11 is 0. The number of nitrogens with zero attached hydrogens (tertiary/aromatic N) is 2. The number of aryl methyl sites for hydroxylation is 1. The standard InChI is InChI=1S/C30H33N5O7/c1-3-25(35-15-7-10-23(30(35)40)33-28(38)24-16-19(2)42-34-24)29(39)32-22(17-21-13-14-31-27(21)37)11-12-26(36)41-18-20-8-5-4-6-9-20/h4-12,15-16,21-22,25H,3,13-14,17-18H2,1-2H3,(H,31,37)(H,32,39)(H,33,38)/t21-,22+,25-/m0/s1. The SMILES string of the molecule is CC[C@@H](C(=O)N[C@H](C=CC(=O)OCc1ccccc1)C[C@@H]1CCNC1=O)n1cccc(NC(=O)c2cc(C)on2)c1=O. The van der Waals surface area contributed by atoms with Crippen LogP contribution in [-0.2, 0) is 25.7 Å². The van der Waals surface area contributed by atoms with Crippen molar-refractivity contribution in [3.05, 3.63) is 94.3 Å². The molecule has 1 saturated heterocycles. The van der Waals surface area contributed by atoms with Crippen LogP contribution in [0.25, 0.3) is 0 Å². The minimum absolute atomic E-state index is 0.0139. The predicted octanol–water partition coefficient (Wildman–Crippen LogP) is 2.66. The molecule has 12 heteroatoms. The van der Waals surface area contributed by atoms with Crippen molar-refractivity contribution in [3.8, 4) is 0 Å². The van der Waals surface area contributed by atoms with Gasteiger partial charge >= 0.3 is 5.97 Å². The van der Waals surface area contributed by atoms with E-state index in [0.29, 0.717) is 18.7 Å². The molecule has 12 nitrogen and oxygen atoms in total. The van der Waals surface area contributed by atoms with Gasteiger partial charge in [-0.25, -0.2) is 4.79 Å². The molecule has 1 fully saturated rings.